The van der Waals surface area contributed by atoms with Crippen LogP contribution in [0.1, 0.15) is 25.0 Å². The largest absolute Gasteiger partial charge is 0.345 e. The zero-order valence-electron chi connectivity index (χ0n) is 13.1. The third-order valence-electron chi connectivity index (χ3n) is 4.78. The van der Waals surface area contributed by atoms with Gasteiger partial charge >= 0.3 is 6.03 Å². The molecule has 0 bridgehead atoms. The molecule has 1 atom stereocenters. The van der Waals surface area contributed by atoms with Crippen LogP contribution in [0.2, 0.25) is 0 Å². The first-order valence-corrected chi connectivity index (χ1v) is 8.59. The number of nitrogens with zero attached hydrogens (tertiary/aromatic N) is 4. The molecule has 6 nitrogen and oxygen atoms in total. The fraction of sp³-hybridized carbons (Fsp3) is 0.667. The molecule has 3 heterocycles. The van der Waals surface area contributed by atoms with Crippen LogP contribution in [-0.2, 0) is 11.3 Å². The van der Waals surface area contributed by atoms with Gasteiger partial charge in [0, 0.05) is 39.1 Å². The summed E-state index contributed by atoms with van der Waals surface area (Å²) in [7, 11) is 3.66. The topological polar surface area (TPSA) is 56.8 Å². The lowest BCUT2D eigenvalue weighted by molar-refractivity contribution is -0.143. The molecular formula is C15H22N4O2S. The Morgan fingerprint density at radius 1 is 1.45 bits per heavy atom. The quantitative estimate of drug-likeness (QED) is 0.832. The molecule has 2 aliphatic heterocycles. The Bertz CT molecular complexity index is 562. The van der Waals surface area contributed by atoms with Crippen molar-refractivity contribution in [2.24, 2.45) is 5.41 Å². The standard InChI is InChI=1S/C15H22N4O2S/c1-17-6-3-4-15(13(17)20)5-7-19(10-15)14(21)18(2)8-12-9-22-11-16-12/h9,11H,3-8,10H2,1-2H3. The van der Waals surface area contributed by atoms with Crippen molar-refractivity contribution in [3.63, 3.8) is 0 Å². The molecule has 7 heteroatoms. The van der Waals surface area contributed by atoms with E-state index >= 15 is 0 Å². The molecular weight excluding hydrogens is 300 g/mol. The first-order valence-electron chi connectivity index (χ1n) is 7.64. The molecule has 2 aliphatic rings. The van der Waals surface area contributed by atoms with Crippen molar-refractivity contribution < 1.29 is 9.59 Å². The van der Waals surface area contributed by atoms with E-state index < -0.39 is 0 Å². The van der Waals surface area contributed by atoms with Gasteiger partial charge in [-0.2, -0.15) is 0 Å². The molecule has 22 heavy (non-hydrogen) atoms. The molecule has 1 spiro atoms. The summed E-state index contributed by atoms with van der Waals surface area (Å²) < 4.78 is 0. The molecule has 2 saturated heterocycles. The zero-order chi connectivity index (χ0) is 15.7. The lowest BCUT2D eigenvalue weighted by Crippen LogP contribution is -2.49. The van der Waals surface area contributed by atoms with Crippen molar-refractivity contribution in [1.29, 1.82) is 0 Å². The van der Waals surface area contributed by atoms with Gasteiger partial charge in [0.05, 0.1) is 23.2 Å². The van der Waals surface area contributed by atoms with Gasteiger partial charge in [0.15, 0.2) is 0 Å². The molecule has 3 rings (SSSR count). The fourth-order valence-electron chi connectivity index (χ4n) is 3.55. The Labute approximate surface area is 134 Å². The smallest absolute Gasteiger partial charge is 0.320 e. The highest BCUT2D eigenvalue weighted by Gasteiger charge is 2.48. The molecule has 0 saturated carbocycles. The number of rotatable bonds is 2. The fourth-order valence-corrected chi connectivity index (χ4v) is 4.10. The van der Waals surface area contributed by atoms with Crippen molar-refractivity contribution in [3.8, 4) is 0 Å². The molecule has 1 aromatic heterocycles. The average molecular weight is 322 g/mol. The van der Waals surface area contributed by atoms with Crippen LogP contribution in [0.5, 0.6) is 0 Å². The number of likely N-dealkylation sites (tertiary alicyclic amines) is 2. The highest BCUT2D eigenvalue weighted by atomic mass is 32.1. The van der Waals surface area contributed by atoms with Gasteiger partial charge in [-0.05, 0) is 19.3 Å². The monoisotopic (exact) mass is 322 g/mol. The van der Waals surface area contributed by atoms with Crippen molar-refractivity contribution in [2.45, 2.75) is 25.8 Å². The summed E-state index contributed by atoms with van der Waals surface area (Å²) in [6, 6.07) is -0.00842. The Morgan fingerprint density at radius 3 is 3.00 bits per heavy atom. The van der Waals surface area contributed by atoms with Crippen molar-refractivity contribution in [2.75, 3.05) is 33.7 Å². The van der Waals surface area contributed by atoms with E-state index in [-0.39, 0.29) is 17.4 Å². The Kier molecular flexibility index (Phi) is 4.08. The van der Waals surface area contributed by atoms with E-state index in [0.717, 1.165) is 31.5 Å². The van der Waals surface area contributed by atoms with Crippen LogP contribution in [0.3, 0.4) is 0 Å². The predicted octanol–water partition coefficient (Wildman–Crippen LogP) is 1.64. The van der Waals surface area contributed by atoms with E-state index in [9.17, 15) is 9.59 Å². The lowest BCUT2D eigenvalue weighted by atomic mass is 9.78. The van der Waals surface area contributed by atoms with Crippen molar-refractivity contribution >= 4 is 23.3 Å². The summed E-state index contributed by atoms with van der Waals surface area (Å²) in [5, 5.41) is 1.95. The predicted molar refractivity (Wildman–Crippen MR) is 84.5 cm³/mol. The second-order valence-electron chi connectivity index (χ2n) is 6.40. The van der Waals surface area contributed by atoms with Crippen molar-refractivity contribution in [3.05, 3.63) is 16.6 Å². The highest BCUT2D eigenvalue weighted by Crippen LogP contribution is 2.39. The Balaban J connectivity index is 1.64. The minimum Gasteiger partial charge on any atom is -0.345 e. The van der Waals surface area contributed by atoms with Gasteiger partial charge in [-0.25, -0.2) is 9.78 Å². The van der Waals surface area contributed by atoms with Crippen molar-refractivity contribution in [1.82, 2.24) is 19.7 Å². The molecule has 0 radical (unpaired) electrons. The van der Waals surface area contributed by atoms with Crippen LogP contribution in [0.4, 0.5) is 4.79 Å². The number of urea groups is 1. The number of aromatic nitrogens is 1. The van der Waals surface area contributed by atoms with Gasteiger partial charge in [-0.1, -0.05) is 0 Å². The summed E-state index contributed by atoms with van der Waals surface area (Å²) in [5.41, 5.74) is 2.34. The summed E-state index contributed by atoms with van der Waals surface area (Å²) in [4.78, 5) is 34.6. The third kappa shape index (κ3) is 2.69. The van der Waals surface area contributed by atoms with Gasteiger partial charge in [-0.3, -0.25) is 4.79 Å². The second-order valence-corrected chi connectivity index (χ2v) is 7.12. The first-order chi connectivity index (χ1) is 10.5. The van der Waals surface area contributed by atoms with Gasteiger partial charge < -0.3 is 14.7 Å². The summed E-state index contributed by atoms with van der Waals surface area (Å²) in [6.45, 7) is 2.56. The highest BCUT2D eigenvalue weighted by molar-refractivity contribution is 7.07. The van der Waals surface area contributed by atoms with E-state index in [1.54, 1.807) is 17.5 Å². The number of piperidine rings is 1. The van der Waals surface area contributed by atoms with E-state index in [4.69, 9.17) is 0 Å². The number of hydrogen-bond donors (Lipinski definition) is 0. The molecule has 1 unspecified atom stereocenters. The van der Waals surface area contributed by atoms with Crippen LogP contribution >= 0.6 is 11.3 Å². The third-order valence-corrected chi connectivity index (χ3v) is 5.42. The number of hydrogen-bond acceptors (Lipinski definition) is 4. The van der Waals surface area contributed by atoms with Crippen LogP contribution in [0.25, 0.3) is 0 Å². The van der Waals surface area contributed by atoms with Gasteiger partial charge in [0.1, 0.15) is 0 Å². The first kappa shape index (κ1) is 15.3. The number of carbonyl (C=O) groups is 2. The molecule has 0 N–H and O–H groups in total. The normalized spacial score (nSPS) is 25.1. The minimum absolute atomic E-state index is 0.00842. The van der Waals surface area contributed by atoms with Crippen LogP contribution in [-0.4, -0.2) is 65.4 Å². The molecule has 0 aromatic carbocycles. The molecule has 0 aliphatic carbocycles. The van der Waals surface area contributed by atoms with Crippen LogP contribution in [0.15, 0.2) is 10.9 Å². The van der Waals surface area contributed by atoms with E-state index in [1.165, 1.54) is 11.3 Å². The van der Waals surface area contributed by atoms with Gasteiger partial charge in [0.25, 0.3) is 0 Å². The summed E-state index contributed by atoms with van der Waals surface area (Å²) >= 11 is 1.53. The number of amides is 3. The van der Waals surface area contributed by atoms with Gasteiger partial charge in [0.2, 0.25) is 5.91 Å². The Hall–Kier alpha value is -1.63. The Morgan fingerprint density at radius 2 is 2.27 bits per heavy atom. The van der Waals surface area contributed by atoms with E-state index in [2.05, 4.69) is 4.98 Å². The number of thiazole rings is 1. The summed E-state index contributed by atoms with van der Waals surface area (Å²) in [5.74, 6) is 0.205. The molecule has 1 aromatic rings. The lowest BCUT2D eigenvalue weighted by Gasteiger charge is -2.37. The maximum atomic E-state index is 12.6. The molecule has 2 fully saturated rings. The minimum atomic E-state index is -0.343. The van der Waals surface area contributed by atoms with Crippen LogP contribution in [0, 0.1) is 5.41 Å². The SMILES string of the molecule is CN(Cc1cscn1)C(=O)N1CCC2(CCCN(C)C2=O)C1. The summed E-state index contributed by atoms with van der Waals surface area (Å²) in [6.07, 6.45) is 2.71. The maximum absolute atomic E-state index is 12.6. The number of carbonyl (C=O) groups excluding carboxylic acids is 2. The molecule has 120 valence electrons. The molecule has 3 amide bonds. The zero-order valence-corrected chi connectivity index (χ0v) is 13.9. The van der Waals surface area contributed by atoms with E-state index in [1.807, 2.05) is 22.2 Å². The van der Waals surface area contributed by atoms with E-state index in [0.29, 0.717) is 19.6 Å². The second kappa shape index (κ2) is 5.87. The average Bonchev–Trinajstić information content (AvgIpc) is 3.14. The van der Waals surface area contributed by atoms with Gasteiger partial charge in [-0.15, -0.1) is 11.3 Å². The maximum Gasteiger partial charge on any atom is 0.320 e. The van der Waals surface area contributed by atoms with Crippen LogP contribution < -0.4 is 0 Å².